The summed E-state index contributed by atoms with van der Waals surface area (Å²) in [6, 6.07) is 15.2. The Hall–Kier alpha value is -3.00. The third kappa shape index (κ3) is 6.01. The number of hydrogen-bond donors (Lipinski definition) is 1. The molecule has 1 amide bonds. The van der Waals surface area contributed by atoms with E-state index >= 15 is 0 Å². The quantitative estimate of drug-likeness (QED) is 0.338. The van der Waals surface area contributed by atoms with Gasteiger partial charge in [0.1, 0.15) is 11.5 Å². The van der Waals surface area contributed by atoms with E-state index in [-0.39, 0.29) is 11.7 Å². The average Bonchev–Trinajstić information content (AvgIpc) is 3.21. The van der Waals surface area contributed by atoms with E-state index in [0.717, 1.165) is 36.6 Å². The van der Waals surface area contributed by atoms with Gasteiger partial charge in [-0.2, -0.15) is 0 Å². The Morgan fingerprint density at radius 1 is 1.10 bits per heavy atom. The first kappa shape index (κ1) is 22.7. The maximum Gasteiger partial charge on any atom is 0.234 e. The van der Waals surface area contributed by atoms with E-state index in [1.807, 2.05) is 60.0 Å². The van der Waals surface area contributed by atoms with Crippen LogP contribution in [-0.2, 0) is 11.3 Å². The monoisotopic (exact) mass is 440 g/mol. The van der Waals surface area contributed by atoms with Crippen molar-refractivity contribution in [1.82, 2.24) is 14.8 Å². The smallest absolute Gasteiger partial charge is 0.234 e. The van der Waals surface area contributed by atoms with Crippen molar-refractivity contribution in [3.63, 3.8) is 0 Å². The number of amides is 1. The third-order valence-electron chi connectivity index (χ3n) is 4.63. The van der Waals surface area contributed by atoms with Gasteiger partial charge in [-0.25, -0.2) is 0 Å². The van der Waals surface area contributed by atoms with Crippen molar-refractivity contribution in [2.75, 3.05) is 24.8 Å². The molecule has 0 bridgehead atoms. The predicted molar refractivity (Wildman–Crippen MR) is 124 cm³/mol. The van der Waals surface area contributed by atoms with Gasteiger partial charge in [0, 0.05) is 12.1 Å². The fourth-order valence-corrected chi connectivity index (χ4v) is 3.80. The number of rotatable bonds is 11. The molecule has 1 heterocycles. The van der Waals surface area contributed by atoms with Crippen LogP contribution in [0.1, 0.15) is 26.7 Å². The van der Waals surface area contributed by atoms with Gasteiger partial charge in [0.15, 0.2) is 11.0 Å². The first-order valence-corrected chi connectivity index (χ1v) is 11.4. The third-order valence-corrected chi connectivity index (χ3v) is 5.59. The average molecular weight is 441 g/mol. The summed E-state index contributed by atoms with van der Waals surface area (Å²) in [6.07, 6.45) is 2.15. The number of nitrogens with one attached hydrogen (secondary N) is 1. The molecule has 0 radical (unpaired) electrons. The van der Waals surface area contributed by atoms with Crippen molar-refractivity contribution in [3.05, 3.63) is 48.5 Å². The SMILES string of the molecule is CCCCOc1ccc(-c2nnc(SCC(=O)Nc3ccccc3OC)n2CC)cc1. The van der Waals surface area contributed by atoms with Gasteiger partial charge in [-0.15, -0.1) is 10.2 Å². The van der Waals surface area contributed by atoms with E-state index in [4.69, 9.17) is 9.47 Å². The molecule has 1 N–H and O–H groups in total. The Bertz CT molecular complexity index is 989. The molecule has 8 heteroatoms. The molecule has 3 rings (SSSR count). The molecular weight excluding hydrogens is 412 g/mol. The van der Waals surface area contributed by atoms with Gasteiger partial charge >= 0.3 is 0 Å². The predicted octanol–water partition coefficient (Wildman–Crippen LogP) is 4.88. The zero-order chi connectivity index (χ0) is 22.1. The van der Waals surface area contributed by atoms with E-state index < -0.39 is 0 Å². The summed E-state index contributed by atoms with van der Waals surface area (Å²) < 4.78 is 13.0. The maximum absolute atomic E-state index is 12.4. The van der Waals surface area contributed by atoms with Crippen molar-refractivity contribution in [2.24, 2.45) is 0 Å². The van der Waals surface area contributed by atoms with Gasteiger partial charge in [-0.05, 0) is 49.7 Å². The van der Waals surface area contributed by atoms with Gasteiger partial charge in [0.25, 0.3) is 0 Å². The highest BCUT2D eigenvalue weighted by molar-refractivity contribution is 7.99. The van der Waals surface area contributed by atoms with E-state index in [1.54, 1.807) is 7.11 Å². The van der Waals surface area contributed by atoms with Crippen molar-refractivity contribution >= 4 is 23.4 Å². The standard InChI is InChI=1S/C23H28N4O3S/c1-4-6-15-30-18-13-11-17(12-14-18)22-25-26-23(27(22)5-2)31-16-21(28)24-19-9-7-8-10-20(19)29-3/h7-14H,4-6,15-16H2,1-3H3,(H,24,28). The molecule has 2 aromatic carbocycles. The number of unbranched alkanes of at least 4 members (excludes halogenated alkanes) is 1. The minimum absolute atomic E-state index is 0.129. The number of hydrogen-bond acceptors (Lipinski definition) is 6. The number of anilines is 1. The minimum atomic E-state index is -0.129. The number of thioether (sulfide) groups is 1. The number of methoxy groups -OCH3 is 1. The largest absolute Gasteiger partial charge is 0.495 e. The number of para-hydroxylation sites is 2. The van der Waals surface area contributed by atoms with E-state index in [0.29, 0.717) is 23.1 Å². The molecule has 0 saturated carbocycles. The van der Waals surface area contributed by atoms with Crippen molar-refractivity contribution < 1.29 is 14.3 Å². The molecule has 0 aliphatic heterocycles. The molecule has 3 aromatic rings. The summed E-state index contributed by atoms with van der Waals surface area (Å²) in [7, 11) is 1.58. The minimum Gasteiger partial charge on any atom is -0.495 e. The van der Waals surface area contributed by atoms with Gasteiger partial charge < -0.3 is 19.4 Å². The highest BCUT2D eigenvalue weighted by atomic mass is 32.2. The van der Waals surface area contributed by atoms with Crippen LogP contribution in [0.5, 0.6) is 11.5 Å². The number of nitrogens with zero attached hydrogens (tertiary/aromatic N) is 3. The molecule has 0 atom stereocenters. The first-order valence-electron chi connectivity index (χ1n) is 10.4. The molecule has 0 unspecified atom stereocenters. The molecule has 0 aliphatic carbocycles. The first-order chi connectivity index (χ1) is 15.2. The molecule has 31 heavy (non-hydrogen) atoms. The number of carbonyl (C=O) groups is 1. The van der Waals surface area contributed by atoms with Gasteiger partial charge in [0.05, 0.1) is 25.2 Å². The lowest BCUT2D eigenvalue weighted by Gasteiger charge is -2.10. The second-order valence-corrected chi connectivity index (χ2v) is 7.76. The molecule has 0 aliphatic rings. The highest BCUT2D eigenvalue weighted by Crippen LogP contribution is 2.27. The summed E-state index contributed by atoms with van der Waals surface area (Å²) in [5, 5.41) is 12.2. The normalized spacial score (nSPS) is 10.7. The van der Waals surface area contributed by atoms with Crippen LogP contribution in [0.15, 0.2) is 53.7 Å². The highest BCUT2D eigenvalue weighted by Gasteiger charge is 2.15. The Morgan fingerprint density at radius 3 is 2.58 bits per heavy atom. The lowest BCUT2D eigenvalue weighted by Crippen LogP contribution is -2.15. The van der Waals surface area contributed by atoms with Gasteiger partial charge in [0.2, 0.25) is 5.91 Å². The molecule has 164 valence electrons. The maximum atomic E-state index is 12.4. The summed E-state index contributed by atoms with van der Waals surface area (Å²) in [5.74, 6) is 2.34. The summed E-state index contributed by atoms with van der Waals surface area (Å²) in [6.45, 7) is 5.60. The number of ether oxygens (including phenoxy) is 2. The topological polar surface area (TPSA) is 78.3 Å². The van der Waals surface area contributed by atoms with E-state index in [2.05, 4.69) is 22.4 Å². The fraction of sp³-hybridized carbons (Fsp3) is 0.348. The molecule has 0 spiro atoms. The van der Waals surface area contributed by atoms with Crippen LogP contribution in [0.4, 0.5) is 5.69 Å². The Labute approximate surface area is 187 Å². The Balaban J connectivity index is 1.64. The Kier molecular flexibility index (Phi) is 8.35. The Morgan fingerprint density at radius 2 is 1.87 bits per heavy atom. The van der Waals surface area contributed by atoms with Crippen LogP contribution in [0.3, 0.4) is 0 Å². The van der Waals surface area contributed by atoms with E-state index in [9.17, 15) is 4.79 Å². The van der Waals surface area contributed by atoms with Gasteiger partial charge in [-0.3, -0.25) is 4.79 Å². The second-order valence-electron chi connectivity index (χ2n) is 6.81. The number of carbonyl (C=O) groups excluding carboxylic acids is 1. The lowest BCUT2D eigenvalue weighted by molar-refractivity contribution is -0.113. The summed E-state index contributed by atoms with van der Waals surface area (Å²) >= 11 is 1.36. The zero-order valence-corrected chi connectivity index (χ0v) is 18.9. The summed E-state index contributed by atoms with van der Waals surface area (Å²) in [4.78, 5) is 12.4. The van der Waals surface area contributed by atoms with Crippen LogP contribution in [0.25, 0.3) is 11.4 Å². The van der Waals surface area contributed by atoms with Crippen molar-refractivity contribution in [2.45, 2.75) is 38.4 Å². The van der Waals surface area contributed by atoms with Crippen LogP contribution in [-0.4, -0.2) is 40.1 Å². The molecule has 0 saturated heterocycles. The molecular formula is C23H28N4O3S. The fourth-order valence-electron chi connectivity index (χ4n) is 2.99. The molecule has 1 aromatic heterocycles. The van der Waals surface area contributed by atoms with Crippen LogP contribution in [0, 0.1) is 0 Å². The lowest BCUT2D eigenvalue weighted by atomic mass is 10.2. The summed E-state index contributed by atoms with van der Waals surface area (Å²) in [5.41, 5.74) is 1.61. The molecule has 7 nitrogen and oxygen atoms in total. The van der Waals surface area contributed by atoms with E-state index in [1.165, 1.54) is 11.8 Å². The van der Waals surface area contributed by atoms with Crippen molar-refractivity contribution in [3.8, 4) is 22.9 Å². The second kappa shape index (κ2) is 11.4. The van der Waals surface area contributed by atoms with Crippen molar-refractivity contribution in [1.29, 1.82) is 0 Å². The van der Waals surface area contributed by atoms with Crippen LogP contribution >= 0.6 is 11.8 Å². The van der Waals surface area contributed by atoms with Crippen LogP contribution in [0.2, 0.25) is 0 Å². The van der Waals surface area contributed by atoms with Crippen LogP contribution < -0.4 is 14.8 Å². The molecule has 0 fully saturated rings. The zero-order valence-electron chi connectivity index (χ0n) is 18.1. The van der Waals surface area contributed by atoms with Gasteiger partial charge in [-0.1, -0.05) is 37.2 Å². The number of aromatic nitrogens is 3. The number of benzene rings is 2.